The Labute approximate surface area is 211 Å². The number of hydrogen-bond acceptors (Lipinski definition) is 8. The van der Waals surface area contributed by atoms with E-state index in [1.54, 1.807) is 10.7 Å². The van der Waals surface area contributed by atoms with Crippen molar-refractivity contribution in [2.24, 2.45) is 0 Å². The van der Waals surface area contributed by atoms with E-state index in [2.05, 4.69) is 25.4 Å². The number of hydrogen-bond donors (Lipinski definition) is 2. The molecule has 0 spiro atoms. The van der Waals surface area contributed by atoms with Crippen LogP contribution in [0.25, 0.3) is 16.6 Å². The van der Waals surface area contributed by atoms with Gasteiger partial charge in [-0.15, -0.1) is 0 Å². The third kappa shape index (κ3) is 5.33. The molecule has 0 aliphatic heterocycles. The van der Waals surface area contributed by atoms with Crippen LogP contribution in [0.2, 0.25) is 0 Å². The van der Waals surface area contributed by atoms with Gasteiger partial charge in [0.25, 0.3) is 0 Å². The molecule has 9 nitrogen and oxygen atoms in total. The van der Waals surface area contributed by atoms with Crippen molar-refractivity contribution in [1.82, 2.24) is 24.6 Å². The number of rotatable bonds is 7. The first kappa shape index (κ1) is 24.2. The van der Waals surface area contributed by atoms with Gasteiger partial charge in [-0.2, -0.15) is 5.10 Å². The second kappa shape index (κ2) is 9.85. The summed E-state index contributed by atoms with van der Waals surface area (Å²) >= 11 is 0. The average molecular weight is 507 g/mol. The van der Waals surface area contributed by atoms with Crippen LogP contribution in [0.3, 0.4) is 0 Å². The van der Waals surface area contributed by atoms with Gasteiger partial charge in [-0.05, 0) is 70.2 Å². The molecule has 0 saturated heterocycles. The molecule has 0 aromatic carbocycles. The lowest BCUT2D eigenvalue weighted by atomic mass is 9.86. The van der Waals surface area contributed by atoms with E-state index in [4.69, 9.17) is 4.74 Å². The second-order valence-corrected chi connectivity index (χ2v) is 10.5. The van der Waals surface area contributed by atoms with Gasteiger partial charge in [0.15, 0.2) is 5.82 Å². The lowest BCUT2D eigenvalue weighted by Gasteiger charge is -2.36. The summed E-state index contributed by atoms with van der Waals surface area (Å²) in [5.74, 6) is 2.69. The van der Waals surface area contributed by atoms with Crippen LogP contribution in [-0.2, 0) is 10.7 Å². The van der Waals surface area contributed by atoms with Crippen LogP contribution in [0.5, 0.6) is 5.75 Å². The summed E-state index contributed by atoms with van der Waals surface area (Å²) < 4.78 is 31.7. The zero-order valence-electron chi connectivity index (χ0n) is 20.7. The molecule has 1 aliphatic rings. The van der Waals surface area contributed by atoms with E-state index in [-0.39, 0.29) is 5.75 Å². The monoisotopic (exact) mass is 506 g/mol. The Morgan fingerprint density at radius 3 is 2.56 bits per heavy atom. The van der Waals surface area contributed by atoms with Gasteiger partial charge >= 0.3 is 0 Å². The summed E-state index contributed by atoms with van der Waals surface area (Å²) in [4.78, 5) is 13.2. The summed E-state index contributed by atoms with van der Waals surface area (Å²) in [5.41, 5.74) is 3.76. The molecule has 0 atom stereocenters. The van der Waals surface area contributed by atoms with E-state index in [0.29, 0.717) is 23.2 Å². The standard InChI is InChI=1S/C26H30N6O3S/c1-17-11-22(23(15-27-17)35-26(16-36(33)34)8-5-4-6-9-26)20-7-10-32-21(13-20)14-25(31-32)30-24-12-18(2)28-19(3)29-24/h7,10-15,36H,4-6,8-9,16H2,1-3H3,(H,28,29,30,31). The smallest absolute Gasteiger partial charge is 0.154 e. The van der Waals surface area contributed by atoms with E-state index in [1.165, 1.54) is 0 Å². The fourth-order valence-electron chi connectivity index (χ4n) is 4.95. The van der Waals surface area contributed by atoms with Crippen LogP contribution in [0, 0.1) is 20.8 Å². The van der Waals surface area contributed by atoms with Crippen LogP contribution < -0.4 is 10.1 Å². The molecule has 0 amide bonds. The molecule has 1 fully saturated rings. The topological polar surface area (TPSA) is 111 Å². The minimum Gasteiger partial charge on any atom is -0.484 e. The maximum Gasteiger partial charge on any atom is 0.154 e. The maximum atomic E-state index is 11.7. The summed E-state index contributed by atoms with van der Waals surface area (Å²) in [5, 5.41) is 7.87. The third-order valence-corrected chi connectivity index (χ3v) is 7.34. The van der Waals surface area contributed by atoms with Gasteiger partial charge in [-0.1, -0.05) is 6.42 Å². The van der Waals surface area contributed by atoms with E-state index in [0.717, 1.165) is 60.1 Å². The highest BCUT2D eigenvalue weighted by molar-refractivity contribution is 7.72. The highest BCUT2D eigenvalue weighted by atomic mass is 32.2. The van der Waals surface area contributed by atoms with Crippen LogP contribution in [-0.4, -0.2) is 44.3 Å². The van der Waals surface area contributed by atoms with Crippen molar-refractivity contribution in [2.75, 3.05) is 11.1 Å². The quantitative estimate of drug-likeness (QED) is 0.351. The molecule has 36 heavy (non-hydrogen) atoms. The normalized spacial score (nSPS) is 15.3. The van der Waals surface area contributed by atoms with Gasteiger partial charge < -0.3 is 10.1 Å². The van der Waals surface area contributed by atoms with Crippen molar-refractivity contribution in [3.05, 3.63) is 59.9 Å². The molecule has 1 saturated carbocycles. The molecule has 0 radical (unpaired) electrons. The van der Waals surface area contributed by atoms with E-state index < -0.39 is 16.3 Å². The number of fused-ring (bicyclic) bond motifs is 1. The largest absolute Gasteiger partial charge is 0.484 e. The van der Waals surface area contributed by atoms with E-state index in [9.17, 15) is 8.42 Å². The molecule has 10 heteroatoms. The lowest BCUT2D eigenvalue weighted by molar-refractivity contribution is 0.0526. The minimum absolute atomic E-state index is 0.0221. The van der Waals surface area contributed by atoms with Gasteiger partial charge in [0.05, 0.1) is 17.5 Å². The number of ether oxygens (including phenoxy) is 1. The minimum atomic E-state index is -2.56. The first-order chi connectivity index (χ1) is 17.3. The van der Waals surface area contributed by atoms with Crippen molar-refractivity contribution in [2.45, 2.75) is 58.5 Å². The van der Waals surface area contributed by atoms with Crippen LogP contribution >= 0.6 is 0 Å². The average Bonchev–Trinajstić information content (AvgIpc) is 3.21. The molecular formula is C26H30N6O3S. The predicted octanol–water partition coefficient (Wildman–Crippen LogP) is 4.55. The Morgan fingerprint density at radius 2 is 1.81 bits per heavy atom. The van der Waals surface area contributed by atoms with Crippen molar-refractivity contribution >= 4 is 27.9 Å². The second-order valence-electron chi connectivity index (χ2n) is 9.54. The van der Waals surface area contributed by atoms with E-state index in [1.807, 2.05) is 57.3 Å². The maximum absolute atomic E-state index is 11.7. The Balaban J connectivity index is 1.48. The molecule has 5 rings (SSSR count). The molecule has 0 unspecified atom stereocenters. The molecule has 4 heterocycles. The van der Waals surface area contributed by atoms with Crippen LogP contribution in [0.4, 0.5) is 11.6 Å². The van der Waals surface area contributed by atoms with Crippen molar-refractivity contribution in [1.29, 1.82) is 0 Å². The fraction of sp³-hybridized carbons (Fsp3) is 0.385. The number of anilines is 2. The number of aromatic nitrogens is 5. The molecular weight excluding hydrogens is 476 g/mol. The van der Waals surface area contributed by atoms with Gasteiger partial charge in [0, 0.05) is 35.3 Å². The summed E-state index contributed by atoms with van der Waals surface area (Å²) in [7, 11) is -2.56. The first-order valence-corrected chi connectivity index (χ1v) is 13.5. The predicted molar refractivity (Wildman–Crippen MR) is 140 cm³/mol. The van der Waals surface area contributed by atoms with Crippen molar-refractivity contribution < 1.29 is 13.2 Å². The number of aryl methyl sites for hydroxylation is 3. The zero-order chi connectivity index (χ0) is 25.3. The van der Waals surface area contributed by atoms with Gasteiger partial charge in [-0.25, -0.2) is 22.9 Å². The van der Waals surface area contributed by atoms with Gasteiger partial charge in [0.1, 0.15) is 33.7 Å². The van der Waals surface area contributed by atoms with Crippen molar-refractivity contribution in [3.8, 4) is 16.9 Å². The summed E-state index contributed by atoms with van der Waals surface area (Å²) in [6.45, 7) is 5.72. The SMILES string of the molecule is Cc1cc(-c2ccn3nc(Nc4cc(C)nc(C)n4)cc3c2)c(OC2(C[SH](=O)=O)CCCCC2)cn1. The lowest BCUT2D eigenvalue weighted by Crippen LogP contribution is -2.42. The summed E-state index contributed by atoms with van der Waals surface area (Å²) in [6, 6.07) is 9.83. The zero-order valence-corrected chi connectivity index (χ0v) is 21.6. The molecule has 4 aromatic rings. The Morgan fingerprint density at radius 1 is 1.00 bits per heavy atom. The Kier molecular flexibility index (Phi) is 6.61. The van der Waals surface area contributed by atoms with Crippen LogP contribution in [0.1, 0.15) is 49.3 Å². The molecule has 1 aliphatic carbocycles. The third-order valence-electron chi connectivity index (χ3n) is 6.51. The van der Waals surface area contributed by atoms with Crippen molar-refractivity contribution in [3.63, 3.8) is 0 Å². The number of thiol groups is 1. The number of nitrogens with zero attached hydrogens (tertiary/aromatic N) is 5. The number of nitrogens with one attached hydrogen (secondary N) is 1. The summed E-state index contributed by atoms with van der Waals surface area (Å²) in [6.07, 6.45) is 8.08. The van der Waals surface area contributed by atoms with Gasteiger partial charge in [0.2, 0.25) is 0 Å². The van der Waals surface area contributed by atoms with Crippen LogP contribution in [0.15, 0.2) is 42.7 Å². The van der Waals surface area contributed by atoms with E-state index >= 15 is 0 Å². The van der Waals surface area contributed by atoms with Gasteiger partial charge in [-0.3, -0.25) is 4.98 Å². The first-order valence-electron chi connectivity index (χ1n) is 12.2. The fourth-order valence-corrected chi connectivity index (χ4v) is 5.80. The molecule has 4 aromatic heterocycles. The highest BCUT2D eigenvalue weighted by Crippen LogP contribution is 2.38. The Hall–Kier alpha value is -3.53. The number of pyridine rings is 2. The molecule has 188 valence electrons. The molecule has 0 bridgehead atoms. The highest BCUT2D eigenvalue weighted by Gasteiger charge is 2.36. The Bertz CT molecular complexity index is 1460. The molecule has 1 N–H and O–H groups in total.